The predicted octanol–water partition coefficient (Wildman–Crippen LogP) is -0.395. The van der Waals surface area contributed by atoms with Crippen LogP contribution in [0.2, 0.25) is 0 Å². The molecule has 2 heterocycles. The van der Waals surface area contributed by atoms with Crippen LogP contribution in [0, 0.1) is 0 Å². The Hall–Kier alpha value is -2.15. The third-order valence-electron chi connectivity index (χ3n) is 2.10. The number of rotatable bonds is 4. The van der Waals surface area contributed by atoms with Gasteiger partial charge in [0.25, 0.3) is 5.56 Å². The van der Waals surface area contributed by atoms with Gasteiger partial charge in [-0.25, -0.2) is 4.98 Å². The van der Waals surface area contributed by atoms with E-state index in [0.29, 0.717) is 11.2 Å². The van der Waals surface area contributed by atoms with Gasteiger partial charge in [-0.05, 0) is 0 Å². The van der Waals surface area contributed by atoms with Crippen LogP contribution in [-0.4, -0.2) is 37.7 Å². The summed E-state index contributed by atoms with van der Waals surface area (Å²) in [7, 11) is 0. The van der Waals surface area contributed by atoms with Crippen molar-refractivity contribution in [1.82, 2.24) is 19.9 Å². The van der Waals surface area contributed by atoms with E-state index >= 15 is 0 Å². The van der Waals surface area contributed by atoms with E-state index in [1.165, 1.54) is 12.4 Å². The normalized spacial score (nSPS) is 12.6. The molecule has 0 aromatic carbocycles. The lowest BCUT2D eigenvalue weighted by molar-refractivity contribution is 0.290. The van der Waals surface area contributed by atoms with E-state index in [2.05, 4.69) is 31.8 Å². The number of fused-ring (bicyclic) bond motifs is 1. The van der Waals surface area contributed by atoms with Crippen molar-refractivity contribution in [3.05, 3.63) is 29.3 Å². The molecule has 2 aromatic heterocycles. The summed E-state index contributed by atoms with van der Waals surface area (Å²) in [5, 5.41) is 11.8. The average molecular weight is 221 g/mol. The van der Waals surface area contributed by atoms with Crippen LogP contribution in [0.4, 0.5) is 5.95 Å². The topological polar surface area (TPSA) is 107 Å². The zero-order chi connectivity index (χ0) is 11.5. The number of nitrogens with zero attached hydrogens (tertiary/aromatic N) is 2. The summed E-state index contributed by atoms with van der Waals surface area (Å²) in [6.45, 7) is 3.41. The van der Waals surface area contributed by atoms with Gasteiger partial charge in [-0.15, -0.1) is 6.58 Å². The van der Waals surface area contributed by atoms with Crippen LogP contribution < -0.4 is 10.9 Å². The van der Waals surface area contributed by atoms with Gasteiger partial charge in [-0.1, -0.05) is 6.08 Å². The highest BCUT2D eigenvalue weighted by Gasteiger charge is 2.08. The standard InChI is InChI=1S/C9H11N5O2/c1-2-5(3-15)12-9-13-7-6(8(16)14-9)10-4-11-7/h2,4-5,15H,1,3H2,(H3,10,11,12,13,14,16). The van der Waals surface area contributed by atoms with E-state index in [1.807, 2.05) is 0 Å². The van der Waals surface area contributed by atoms with Crippen molar-refractivity contribution in [2.45, 2.75) is 6.04 Å². The molecule has 0 spiro atoms. The number of imidazole rings is 1. The molecule has 84 valence electrons. The first-order chi connectivity index (χ1) is 7.74. The quantitative estimate of drug-likeness (QED) is 0.526. The molecule has 16 heavy (non-hydrogen) atoms. The van der Waals surface area contributed by atoms with Crippen molar-refractivity contribution in [1.29, 1.82) is 0 Å². The van der Waals surface area contributed by atoms with Gasteiger partial charge in [0.15, 0.2) is 11.2 Å². The molecule has 0 saturated heterocycles. The first-order valence-electron chi connectivity index (χ1n) is 4.68. The molecule has 0 aliphatic carbocycles. The second-order valence-corrected chi connectivity index (χ2v) is 3.18. The lowest BCUT2D eigenvalue weighted by Gasteiger charge is -2.11. The fourth-order valence-electron chi connectivity index (χ4n) is 1.27. The molecule has 1 unspecified atom stereocenters. The van der Waals surface area contributed by atoms with Gasteiger partial charge in [-0.3, -0.25) is 9.78 Å². The van der Waals surface area contributed by atoms with E-state index in [0.717, 1.165) is 0 Å². The number of nitrogens with one attached hydrogen (secondary N) is 3. The molecular formula is C9H11N5O2. The Morgan fingerprint density at radius 1 is 1.69 bits per heavy atom. The SMILES string of the molecule is C=CC(CO)Nc1nc2nc[nH]c2c(=O)[nH]1. The van der Waals surface area contributed by atoms with Crippen molar-refractivity contribution in [3.8, 4) is 0 Å². The molecule has 0 fully saturated rings. The van der Waals surface area contributed by atoms with Gasteiger partial charge in [0, 0.05) is 0 Å². The Balaban J connectivity index is 2.38. The lowest BCUT2D eigenvalue weighted by atomic mass is 10.3. The fourth-order valence-corrected chi connectivity index (χ4v) is 1.27. The molecule has 7 heteroatoms. The Bertz CT molecular complexity index is 558. The Morgan fingerprint density at radius 3 is 3.19 bits per heavy atom. The summed E-state index contributed by atoms with van der Waals surface area (Å²) in [6.07, 6.45) is 2.92. The molecule has 0 saturated carbocycles. The minimum atomic E-state index is -0.362. The van der Waals surface area contributed by atoms with Gasteiger partial charge < -0.3 is 15.4 Å². The van der Waals surface area contributed by atoms with Crippen molar-refractivity contribution >= 4 is 17.1 Å². The summed E-state index contributed by atoms with van der Waals surface area (Å²) in [4.78, 5) is 24.7. The highest BCUT2D eigenvalue weighted by atomic mass is 16.3. The smallest absolute Gasteiger partial charge is 0.278 e. The van der Waals surface area contributed by atoms with E-state index in [4.69, 9.17) is 5.11 Å². The Labute approximate surface area is 90.3 Å². The van der Waals surface area contributed by atoms with Crippen LogP contribution in [0.3, 0.4) is 0 Å². The second-order valence-electron chi connectivity index (χ2n) is 3.18. The van der Waals surface area contributed by atoms with Gasteiger partial charge >= 0.3 is 0 Å². The van der Waals surface area contributed by atoms with Crippen LogP contribution in [-0.2, 0) is 0 Å². The second kappa shape index (κ2) is 4.15. The maximum Gasteiger partial charge on any atom is 0.278 e. The van der Waals surface area contributed by atoms with Crippen molar-refractivity contribution in [2.24, 2.45) is 0 Å². The summed E-state index contributed by atoms with van der Waals surface area (Å²) in [5.41, 5.74) is 0.336. The van der Waals surface area contributed by atoms with Gasteiger partial charge in [0.2, 0.25) is 5.95 Å². The molecule has 0 radical (unpaired) electrons. The third kappa shape index (κ3) is 1.80. The first-order valence-corrected chi connectivity index (χ1v) is 4.68. The number of hydrogen-bond donors (Lipinski definition) is 4. The van der Waals surface area contributed by atoms with Crippen molar-refractivity contribution in [2.75, 3.05) is 11.9 Å². The molecule has 2 aromatic rings. The van der Waals surface area contributed by atoms with Gasteiger partial charge in [0.05, 0.1) is 19.0 Å². The average Bonchev–Trinajstić information content (AvgIpc) is 2.74. The number of H-pyrrole nitrogens is 2. The van der Waals surface area contributed by atoms with Gasteiger partial charge in [-0.2, -0.15) is 4.98 Å². The van der Waals surface area contributed by atoms with Crippen molar-refractivity contribution in [3.63, 3.8) is 0 Å². The highest BCUT2D eigenvalue weighted by molar-refractivity contribution is 5.69. The maximum absolute atomic E-state index is 11.5. The largest absolute Gasteiger partial charge is 0.394 e. The van der Waals surface area contributed by atoms with E-state index < -0.39 is 0 Å². The minimum absolute atomic E-state index is 0.133. The van der Waals surface area contributed by atoms with Crippen LogP contribution in [0.5, 0.6) is 0 Å². The van der Waals surface area contributed by atoms with Crippen LogP contribution in [0.15, 0.2) is 23.8 Å². The molecule has 7 nitrogen and oxygen atoms in total. The number of aromatic nitrogens is 4. The minimum Gasteiger partial charge on any atom is -0.394 e. The van der Waals surface area contributed by atoms with Gasteiger partial charge in [0.1, 0.15) is 0 Å². The number of hydrogen-bond acceptors (Lipinski definition) is 5. The lowest BCUT2D eigenvalue weighted by Crippen LogP contribution is -2.24. The molecule has 0 amide bonds. The number of aromatic amines is 2. The number of anilines is 1. The molecule has 0 bridgehead atoms. The molecule has 0 aliphatic heterocycles. The number of aliphatic hydroxyl groups excluding tert-OH is 1. The van der Waals surface area contributed by atoms with E-state index in [-0.39, 0.29) is 24.2 Å². The highest BCUT2D eigenvalue weighted by Crippen LogP contribution is 2.04. The molecule has 1 atom stereocenters. The van der Waals surface area contributed by atoms with E-state index in [9.17, 15) is 4.79 Å². The third-order valence-corrected chi connectivity index (χ3v) is 2.10. The van der Waals surface area contributed by atoms with Crippen LogP contribution in [0.25, 0.3) is 11.2 Å². The predicted molar refractivity (Wildman–Crippen MR) is 59.2 cm³/mol. The summed E-state index contributed by atoms with van der Waals surface area (Å²) >= 11 is 0. The van der Waals surface area contributed by atoms with Crippen LogP contribution >= 0.6 is 0 Å². The summed E-state index contributed by atoms with van der Waals surface area (Å²) in [5.74, 6) is 0.253. The first kappa shape index (κ1) is 10.4. The Kier molecular flexibility index (Phi) is 2.69. The zero-order valence-electron chi connectivity index (χ0n) is 8.40. The molecule has 4 N–H and O–H groups in total. The zero-order valence-corrected chi connectivity index (χ0v) is 8.40. The molecular weight excluding hydrogens is 210 g/mol. The maximum atomic E-state index is 11.5. The number of aliphatic hydroxyl groups is 1. The fraction of sp³-hybridized carbons (Fsp3) is 0.222. The van der Waals surface area contributed by atoms with Crippen LogP contribution in [0.1, 0.15) is 0 Å². The summed E-state index contributed by atoms with van der Waals surface area (Å²) < 4.78 is 0. The molecule has 0 aliphatic rings. The monoisotopic (exact) mass is 221 g/mol. The van der Waals surface area contributed by atoms with Crippen molar-refractivity contribution < 1.29 is 5.11 Å². The Morgan fingerprint density at radius 2 is 2.50 bits per heavy atom. The molecule has 2 rings (SSSR count). The summed E-state index contributed by atoms with van der Waals surface area (Å²) in [6, 6.07) is -0.362. The van der Waals surface area contributed by atoms with E-state index in [1.54, 1.807) is 0 Å².